The lowest BCUT2D eigenvalue weighted by Crippen LogP contribution is -2.34. The number of nitrogens with zero attached hydrogens (tertiary/aromatic N) is 5. The van der Waals surface area contributed by atoms with Crippen LogP contribution in [-0.2, 0) is 0 Å². The Kier molecular flexibility index (Phi) is 6.20. The molecule has 0 bridgehead atoms. The Morgan fingerprint density at radius 3 is 2.76 bits per heavy atom. The normalized spacial score (nSPS) is 22.2. The summed E-state index contributed by atoms with van der Waals surface area (Å²) >= 11 is 0. The van der Waals surface area contributed by atoms with Crippen LogP contribution in [-0.4, -0.2) is 82.7 Å². The quantitative estimate of drug-likeness (QED) is 0.857. The summed E-state index contributed by atoms with van der Waals surface area (Å²) in [5.41, 5.74) is 0.404. The van der Waals surface area contributed by atoms with E-state index in [1.165, 1.54) is 0 Å². The van der Waals surface area contributed by atoms with Gasteiger partial charge in [-0.1, -0.05) is 13.3 Å². The molecule has 1 amide bonds. The van der Waals surface area contributed by atoms with Crippen molar-refractivity contribution in [3.63, 3.8) is 0 Å². The first-order valence-electron chi connectivity index (χ1n) is 9.44. The van der Waals surface area contributed by atoms with E-state index in [0.29, 0.717) is 24.6 Å². The number of amides is 1. The molecule has 2 aliphatic heterocycles. The van der Waals surface area contributed by atoms with E-state index >= 15 is 0 Å². The van der Waals surface area contributed by atoms with Gasteiger partial charge in [-0.25, -0.2) is 4.98 Å². The molecule has 138 valence electrons. The first-order chi connectivity index (χ1) is 12.2. The lowest BCUT2D eigenvalue weighted by Gasteiger charge is -2.23. The van der Waals surface area contributed by atoms with Crippen LogP contribution >= 0.6 is 0 Å². The molecular formula is C18H29N5O2. The Labute approximate surface area is 149 Å². The minimum atomic E-state index is -0.418. The third-order valence-electron chi connectivity index (χ3n) is 4.97. The molecule has 1 aromatic rings. The first-order valence-corrected chi connectivity index (χ1v) is 9.44. The Balaban J connectivity index is 1.68. The number of carbonyl (C=O) groups is 1. The summed E-state index contributed by atoms with van der Waals surface area (Å²) in [4.78, 5) is 27.5. The maximum absolute atomic E-state index is 12.5. The van der Waals surface area contributed by atoms with Crippen molar-refractivity contribution in [2.24, 2.45) is 0 Å². The zero-order chi connectivity index (χ0) is 17.6. The summed E-state index contributed by atoms with van der Waals surface area (Å²) in [7, 11) is 0. The Hall–Kier alpha value is -1.73. The van der Waals surface area contributed by atoms with E-state index in [4.69, 9.17) is 0 Å². The van der Waals surface area contributed by atoms with Crippen LogP contribution in [0.2, 0.25) is 0 Å². The van der Waals surface area contributed by atoms with Crippen molar-refractivity contribution in [2.75, 3.05) is 50.7 Å². The van der Waals surface area contributed by atoms with E-state index in [0.717, 1.165) is 58.4 Å². The van der Waals surface area contributed by atoms with Gasteiger partial charge in [-0.05, 0) is 25.8 Å². The van der Waals surface area contributed by atoms with Crippen LogP contribution in [0.1, 0.15) is 43.1 Å². The summed E-state index contributed by atoms with van der Waals surface area (Å²) < 4.78 is 0. The predicted molar refractivity (Wildman–Crippen MR) is 96.7 cm³/mol. The number of hydrogen-bond donors (Lipinski definition) is 1. The van der Waals surface area contributed by atoms with E-state index in [2.05, 4.69) is 21.8 Å². The molecule has 0 aliphatic carbocycles. The highest BCUT2D eigenvalue weighted by Crippen LogP contribution is 2.16. The maximum Gasteiger partial charge on any atom is 0.274 e. The summed E-state index contributed by atoms with van der Waals surface area (Å²) in [6.07, 6.45) is 7.24. The van der Waals surface area contributed by atoms with Crippen molar-refractivity contribution in [1.82, 2.24) is 19.8 Å². The second-order valence-electron chi connectivity index (χ2n) is 7.02. The molecule has 1 N–H and O–H groups in total. The zero-order valence-corrected chi connectivity index (χ0v) is 15.1. The van der Waals surface area contributed by atoms with Gasteiger partial charge in [0, 0.05) is 39.3 Å². The number of carbonyl (C=O) groups excluding carboxylic acids is 1. The average molecular weight is 347 g/mol. The number of rotatable bonds is 5. The number of aromatic nitrogens is 2. The predicted octanol–water partition coefficient (Wildman–Crippen LogP) is 0.996. The van der Waals surface area contributed by atoms with Crippen molar-refractivity contribution in [3.05, 3.63) is 18.1 Å². The number of aliphatic hydroxyl groups is 1. The molecule has 2 fully saturated rings. The summed E-state index contributed by atoms with van der Waals surface area (Å²) in [6, 6.07) is 0. The Morgan fingerprint density at radius 2 is 2.00 bits per heavy atom. The minimum absolute atomic E-state index is 0.0354. The smallest absolute Gasteiger partial charge is 0.274 e. The molecule has 7 nitrogen and oxygen atoms in total. The van der Waals surface area contributed by atoms with Crippen molar-refractivity contribution in [1.29, 1.82) is 0 Å². The lowest BCUT2D eigenvalue weighted by atomic mass is 10.3. The van der Waals surface area contributed by atoms with Crippen molar-refractivity contribution in [3.8, 4) is 0 Å². The number of anilines is 1. The fourth-order valence-electron chi connectivity index (χ4n) is 3.54. The fourth-order valence-corrected chi connectivity index (χ4v) is 3.54. The lowest BCUT2D eigenvalue weighted by molar-refractivity contribution is 0.0786. The van der Waals surface area contributed by atoms with Crippen LogP contribution in [0.5, 0.6) is 0 Å². The second-order valence-corrected chi connectivity index (χ2v) is 7.02. The van der Waals surface area contributed by atoms with Gasteiger partial charge in [0.15, 0.2) is 0 Å². The number of aliphatic hydroxyl groups excluding tert-OH is 1. The first kappa shape index (κ1) is 18.1. The molecule has 0 saturated carbocycles. The van der Waals surface area contributed by atoms with Gasteiger partial charge in [0.2, 0.25) is 0 Å². The second kappa shape index (κ2) is 8.58. The van der Waals surface area contributed by atoms with Crippen LogP contribution in [0, 0.1) is 0 Å². The van der Waals surface area contributed by atoms with Crippen molar-refractivity contribution < 1.29 is 9.90 Å². The molecule has 25 heavy (non-hydrogen) atoms. The third-order valence-corrected chi connectivity index (χ3v) is 4.97. The van der Waals surface area contributed by atoms with Crippen LogP contribution in [0.15, 0.2) is 12.4 Å². The molecule has 0 unspecified atom stereocenters. The molecular weight excluding hydrogens is 318 g/mol. The van der Waals surface area contributed by atoms with Gasteiger partial charge in [-0.2, -0.15) is 0 Å². The van der Waals surface area contributed by atoms with Gasteiger partial charge in [0.1, 0.15) is 11.5 Å². The number of β-amino-alcohol motifs (C(OH)–C–C–N with tert-alkyl or cyclic N) is 1. The summed E-state index contributed by atoms with van der Waals surface area (Å²) in [6.45, 7) is 7.70. The minimum Gasteiger partial charge on any atom is -0.390 e. The van der Waals surface area contributed by atoms with Crippen LogP contribution in [0.4, 0.5) is 5.82 Å². The van der Waals surface area contributed by atoms with Gasteiger partial charge in [0.25, 0.3) is 5.91 Å². The number of likely N-dealkylation sites (tertiary alicyclic amines) is 1. The van der Waals surface area contributed by atoms with E-state index in [1.54, 1.807) is 12.4 Å². The SMILES string of the molecule is CCCCN1CCN(c2cncc(C(=O)N3CCCC3)n2)C[C@@H](O)C1. The molecule has 3 rings (SSSR count). The molecule has 0 spiro atoms. The molecule has 0 aromatic carbocycles. The number of hydrogen-bond acceptors (Lipinski definition) is 6. The van der Waals surface area contributed by atoms with Gasteiger partial charge < -0.3 is 14.9 Å². The van der Waals surface area contributed by atoms with Gasteiger partial charge >= 0.3 is 0 Å². The fraction of sp³-hybridized carbons (Fsp3) is 0.722. The summed E-state index contributed by atoms with van der Waals surface area (Å²) in [5.74, 6) is 0.647. The largest absolute Gasteiger partial charge is 0.390 e. The highest BCUT2D eigenvalue weighted by Gasteiger charge is 2.24. The van der Waals surface area contributed by atoms with Crippen molar-refractivity contribution in [2.45, 2.75) is 38.7 Å². The third kappa shape index (κ3) is 4.67. The highest BCUT2D eigenvalue weighted by atomic mass is 16.3. The van der Waals surface area contributed by atoms with Gasteiger partial charge in [-0.3, -0.25) is 14.7 Å². The molecule has 1 aromatic heterocycles. The topological polar surface area (TPSA) is 72.8 Å². The average Bonchev–Trinajstić information content (AvgIpc) is 3.10. The molecule has 1 atom stereocenters. The Morgan fingerprint density at radius 1 is 1.20 bits per heavy atom. The maximum atomic E-state index is 12.5. The molecule has 2 aliphatic rings. The van der Waals surface area contributed by atoms with Crippen LogP contribution < -0.4 is 4.90 Å². The molecule has 2 saturated heterocycles. The van der Waals surface area contributed by atoms with Gasteiger partial charge in [-0.15, -0.1) is 0 Å². The van der Waals surface area contributed by atoms with Crippen LogP contribution in [0.3, 0.4) is 0 Å². The highest BCUT2D eigenvalue weighted by molar-refractivity contribution is 5.92. The van der Waals surface area contributed by atoms with E-state index in [-0.39, 0.29) is 5.91 Å². The van der Waals surface area contributed by atoms with Crippen molar-refractivity contribution >= 4 is 11.7 Å². The molecule has 0 radical (unpaired) electrons. The van der Waals surface area contributed by atoms with E-state index in [1.807, 2.05) is 9.80 Å². The van der Waals surface area contributed by atoms with E-state index < -0.39 is 6.10 Å². The molecule has 7 heteroatoms. The standard InChI is InChI=1S/C18H29N5O2/c1-2-3-6-21-9-10-23(14-15(24)13-21)17-12-19-11-16(20-17)18(25)22-7-4-5-8-22/h11-12,15,24H,2-10,13-14H2,1H3/t15-/m0/s1. The van der Waals surface area contributed by atoms with Crippen LogP contribution in [0.25, 0.3) is 0 Å². The van der Waals surface area contributed by atoms with Gasteiger partial charge in [0.05, 0.1) is 18.5 Å². The Bertz CT molecular complexity index is 576. The monoisotopic (exact) mass is 347 g/mol. The van der Waals surface area contributed by atoms with E-state index in [9.17, 15) is 9.90 Å². The summed E-state index contributed by atoms with van der Waals surface area (Å²) in [5, 5.41) is 10.3. The number of unbranched alkanes of at least 4 members (excludes halogenated alkanes) is 1. The zero-order valence-electron chi connectivity index (χ0n) is 15.1. The molecule has 3 heterocycles.